The molecule has 0 radical (unpaired) electrons. The number of halogens is 1. The van der Waals surface area contributed by atoms with Crippen molar-refractivity contribution in [2.45, 2.75) is 32.9 Å². The van der Waals surface area contributed by atoms with Gasteiger partial charge in [-0.3, -0.25) is 0 Å². The number of urea groups is 1. The molecule has 16 heavy (non-hydrogen) atoms. The lowest BCUT2D eigenvalue weighted by atomic mass is 10.2. The van der Waals surface area contributed by atoms with E-state index >= 15 is 0 Å². The average molecular weight is 241 g/mol. The average Bonchev–Trinajstić information content (AvgIpc) is 2.28. The van der Waals surface area contributed by atoms with E-state index in [2.05, 4.69) is 10.6 Å². The Balaban J connectivity index is 2.40. The zero-order chi connectivity index (χ0) is 12.0. The van der Waals surface area contributed by atoms with Crippen molar-refractivity contribution in [2.75, 3.05) is 0 Å². The lowest BCUT2D eigenvalue weighted by molar-refractivity contribution is 0.237. The fraction of sp³-hybridized carbons (Fsp3) is 0.417. The highest BCUT2D eigenvalue weighted by Crippen LogP contribution is 2.14. The molecule has 0 saturated carbocycles. The molecule has 0 aromatic heterocycles. The normalized spacial score (nSPS) is 11.9. The molecule has 1 rings (SSSR count). The molecule has 0 aliphatic carbocycles. The zero-order valence-corrected chi connectivity index (χ0v) is 10.3. The number of hydrogen-bond donors (Lipinski definition) is 2. The van der Waals surface area contributed by atoms with Crippen LogP contribution in [-0.2, 0) is 6.54 Å². The molecule has 0 aliphatic rings. The third-order valence-corrected chi connectivity index (χ3v) is 2.76. The highest BCUT2D eigenvalue weighted by atomic mass is 35.5. The topological polar surface area (TPSA) is 41.1 Å². The van der Waals surface area contributed by atoms with Gasteiger partial charge in [0.25, 0.3) is 0 Å². The first-order chi connectivity index (χ1) is 7.63. The Hall–Kier alpha value is -1.22. The minimum Gasteiger partial charge on any atom is -0.336 e. The van der Waals surface area contributed by atoms with Gasteiger partial charge >= 0.3 is 6.03 Å². The molecule has 0 fully saturated rings. The van der Waals surface area contributed by atoms with Crippen molar-refractivity contribution in [1.82, 2.24) is 10.6 Å². The smallest absolute Gasteiger partial charge is 0.315 e. The van der Waals surface area contributed by atoms with Crippen molar-refractivity contribution in [3.8, 4) is 0 Å². The first-order valence-electron chi connectivity index (χ1n) is 5.41. The van der Waals surface area contributed by atoms with Crippen molar-refractivity contribution < 1.29 is 4.79 Å². The second-order valence-corrected chi connectivity index (χ2v) is 4.13. The molecule has 1 aromatic carbocycles. The Morgan fingerprint density at radius 1 is 1.44 bits per heavy atom. The van der Waals surface area contributed by atoms with Crippen molar-refractivity contribution >= 4 is 17.6 Å². The molecule has 0 unspecified atom stereocenters. The predicted octanol–water partition coefficient (Wildman–Crippen LogP) is 2.94. The van der Waals surface area contributed by atoms with E-state index in [9.17, 15) is 4.79 Å². The molecule has 1 atom stereocenters. The van der Waals surface area contributed by atoms with E-state index in [1.165, 1.54) is 0 Å². The summed E-state index contributed by atoms with van der Waals surface area (Å²) in [6.07, 6.45) is 0.916. The number of rotatable bonds is 4. The molecule has 2 N–H and O–H groups in total. The van der Waals surface area contributed by atoms with Gasteiger partial charge in [0.2, 0.25) is 0 Å². The van der Waals surface area contributed by atoms with Crippen LogP contribution in [0.2, 0.25) is 5.02 Å². The van der Waals surface area contributed by atoms with Crippen molar-refractivity contribution in [1.29, 1.82) is 0 Å². The minimum absolute atomic E-state index is 0.158. The Labute approximate surface area is 101 Å². The molecular weight excluding hydrogens is 224 g/mol. The van der Waals surface area contributed by atoms with Crippen LogP contribution < -0.4 is 10.6 Å². The molecule has 4 heteroatoms. The molecule has 1 aromatic rings. The van der Waals surface area contributed by atoms with E-state index in [0.29, 0.717) is 11.6 Å². The molecule has 0 saturated heterocycles. The molecule has 0 heterocycles. The lowest BCUT2D eigenvalue weighted by Gasteiger charge is -2.12. The maximum absolute atomic E-state index is 11.4. The molecule has 0 spiro atoms. The van der Waals surface area contributed by atoms with Crippen LogP contribution in [-0.4, -0.2) is 12.1 Å². The van der Waals surface area contributed by atoms with Gasteiger partial charge in [0, 0.05) is 17.6 Å². The van der Waals surface area contributed by atoms with Gasteiger partial charge in [-0.05, 0) is 25.0 Å². The summed E-state index contributed by atoms with van der Waals surface area (Å²) in [6.45, 7) is 4.44. The number of nitrogens with one attached hydrogen (secondary N) is 2. The van der Waals surface area contributed by atoms with Gasteiger partial charge in [-0.1, -0.05) is 36.7 Å². The quantitative estimate of drug-likeness (QED) is 0.835. The van der Waals surface area contributed by atoms with Gasteiger partial charge in [-0.15, -0.1) is 0 Å². The van der Waals surface area contributed by atoms with E-state index < -0.39 is 0 Å². The molecule has 3 nitrogen and oxygen atoms in total. The van der Waals surface area contributed by atoms with Gasteiger partial charge in [-0.25, -0.2) is 4.79 Å². The molecule has 88 valence electrons. The van der Waals surface area contributed by atoms with E-state index in [1.54, 1.807) is 0 Å². The van der Waals surface area contributed by atoms with Crippen LogP contribution in [0.4, 0.5) is 4.79 Å². The van der Waals surface area contributed by atoms with Crippen LogP contribution in [0.1, 0.15) is 25.8 Å². The Kier molecular flexibility index (Phi) is 5.12. The first kappa shape index (κ1) is 12.8. The number of amides is 2. The van der Waals surface area contributed by atoms with Crippen molar-refractivity contribution in [3.63, 3.8) is 0 Å². The standard InChI is InChI=1S/C12H17ClN2O/c1-3-9(2)15-12(16)14-8-10-6-4-5-7-11(10)13/h4-7,9H,3,8H2,1-2H3,(H2,14,15,16)/t9-/m1/s1. The van der Waals surface area contributed by atoms with Crippen LogP contribution in [0, 0.1) is 0 Å². The first-order valence-corrected chi connectivity index (χ1v) is 5.79. The number of carbonyl (C=O) groups is 1. The number of benzene rings is 1. The zero-order valence-electron chi connectivity index (χ0n) is 9.59. The van der Waals surface area contributed by atoms with E-state index in [4.69, 9.17) is 11.6 Å². The SMILES string of the molecule is CC[C@@H](C)NC(=O)NCc1ccccc1Cl. The summed E-state index contributed by atoms with van der Waals surface area (Å²) in [5.41, 5.74) is 0.920. The van der Waals surface area contributed by atoms with Gasteiger partial charge in [0.15, 0.2) is 0 Å². The maximum atomic E-state index is 11.4. The van der Waals surface area contributed by atoms with Crippen LogP contribution in [0.5, 0.6) is 0 Å². The van der Waals surface area contributed by atoms with E-state index in [0.717, 1.165) is 12.0 Å². The fourth-order valence-corrected chi connectivity index (χ4v) is 1.40. The third kappa shape index (κ3) is 4.11. The van der Waals surface area contributed by atoms with Crippen LogP contribution in [0.25, 0.3) is 0 Å². The summed E-state index contributed by atoms with van der Waals surface area (Å²) in [6, 6.07) is 7.50. The molecule has 0 bridgehead atoms. The molecular formula is C12H17ClN2O. The second-order valence-electron chi connectivity index (χ2n) is 3.73. The van der Waals surface area contributed by atoms with Gasteiger partial charge in [0.1, 0.15) is 0 Å². The van der Waals surface area contributed by atoms with Crippen LogP contribution in [0.15, 0.2) is 24.3 Å². The minimum atomic E-state index is -0.158. The highest BCUT2D eigenvalue weighted by molar-refractivity contribution is 6.31. The number of carbonyl (C=O) groups excluding carboxylic acids is 1. The summed E-state index contributed by atoms with van der Waals surface area (Å²) in [7, 11) is 0. The fourth-order valence-electron chi connectivity index (χ4n) is 1.19. The van der Waals surface area contributed by atoms with E-state index in [1.807, 2.05) is 38.1 Å². The monoisotopic (exact) mass is 240 g/mol. The highest BCUT2D eigenvalue weighted by Gasteiger charge is 2.05. The van der Waals surface area contributed by atoms with Crippen LogP contribution >= 0.6 is 11.6 Å². The third-order valence-electron chi connectivity index (χ3n) is 2.39. The Bertz CT molecular complexity index is 355. The second kappa shape index (κ2) is 6.38. The van der Waals surface area contributed by atoms with Crippen molar-refractivity contribution in [2.24, 2.45) is 0 Å². The number of hydrogen-bond acceptors (Lipinski definition) is 1. The molecule has 0 aliphatic heterocycles. The Morgan fingerprint density at radius 3 is 2.75 bits per heavy atom. The summed E-state index contributed by atoms with van der Waals surface area (Å²) in [5.74, 6) is 0. The van der Waals surface area contributed by atoms with Gasteiger partial charge in [0.05, 0.1) is 0 Å². The summed E-state index contributed by atoms with van der Waals surface area (Å²) in [4.78, 5) is 11.4. The van der Waals surface area contributed by atoms with Crippen molar-refractivity contribution in [3.05, 3.63) is 34.9 Å². The lowest BCUT2D eigenvalue weighted by Crippen LogP contribution is -2.40. The predicted molar refractivity (Wildman–Crippen MR) is 66.6 cm³/mol. The summed E-state index contributed by atoms with van der Waals surface area (Å²) in [5, 5.41) is 6.27. The van der Waals surface area contributed by atoms with Crippen LogP contribution in [0.3, 0.4) is 0 Å². The molecule has 2 amide bonds. The van der Waals surface area contributed by atoms with Gasteiger partial charge in [-0.2, -0.15) is 0 Å². The van der Waals surface area contributed by atoms with Gasteiger partial charge < -0.3 is 10.6 Å². The largest absolute Gasteiger partial charge is 0.336 e. The summed E-state index contributed by atoms with van der Waals surface area (Å²) < 4.78 is 0. The summed E-state index contributed by atoms with van der Waals surface area (Å²) >= 11 is 5.97. The van der Waals surface area contributed by atoms with E-state index in [-0.39, 0.29) is 12.1 Å². The maximum Gasteiger partial charge on any atom is 0.315 e. The Morgan fingerprint density at radius 2 is 2.12 bits per heavy atom.